The summed E-state index contributed by atoms with van der Waals surface area (Å²) in [7, 11) is 0. The number of thiophene rings is 2. The van der Waals surface area contributed by atoms with Crippen LogP contribution >= 0.6 is 34.0 Å². The fourth-order valence-electron chi connectivity index (χ4n) is 2.25. The Morgan fingerprint density at radius 1 is 1.00 bits per heavy atom. The molecule has 3 heterocycles. The first-order valence-corrected chi connectivity index (χ1v) is 9.46. The SMILES string of the molecule is N#C/C(=C\c1ccc(-c2cccs2)s1)c1nc2ccccc2s1. The molecule has 0 N–H and O–H groups in total. The van der Waals surface area contributed by atoms with Crippen LogP contribution in [0.5, 0.6) is 0 Å². The number of fused-ring (bicyclic) bond motifs is 1. The predicted octanol–water partition coefficient (Wildman–Crippen LogP) is 6.15. The van der Waals surface area contributed by atoms with Crippen LogP contribution in [0.25, 0.3) is 31.6 Å². The Morgan fingerprint density at radius 3 is 2.70 bits per heavy atom. The Hall–Kier alpha value is -2.26. The summed E-state index contributed by atoms with van der Waals surface area (Å²) in [5.74, 6) is 0. The van der Waals surface area contributed by atoms with Crippen molar-refractivity contribution in [3.8, 4) is 15.8 Å². The van der Waals surface area contributed by atoms with Crippen molar-refractivity contribution in [3.63, 3.8) is 0 Å². The van der Waals surface area contributed by atoms with Crippen LogP contribution in [-0.4, -0.2) is 4.98 Å². The van der Waals surface area contributed by atoms with Crippen LogP contribution in [0.1, 0.15) is 9.88 Å². The van der Waals surface area contributed by atoms with Crippen molar-refractivity contribution in [3.05, 3.63) is 63.8 Å². The van der Waals surface area contributed by atoms with E-state index in [4.69, 9.17) is 0 Å². The molecule has 4 rings (SSSR count). The lowest BCUT2D eigenvalue weighted by molar-refractivity contribution is 1.44. The fourth-order valence-corrected chi connectivity index (χ4v) is 4.97. The van der Waals surface area contributed by atoms with E-state index in [9.17, 15) is 5.26 Å². The van der Waals surface area contributed by atoms with Gasteiger partial charge in [-0.15, -0.1) is 34.0 Å². The highest BCUT2D eigenvalue weighted by molar-refractivity contribution is 7.22. The Labute approximate surface area is 145 Å². The standard InChI is InChI=1S/C18H10N2S3/c19-11-12(18-20-14-4-1-2-5-15(14)23-18)10-13-7-8-17(22-13)16-6-3-9-21-16/h1-10H/b12-10+. The van der Waals surface area contributed by atoms with Crippen LogP contribution < -0.4 is 0 Å². The number of para-hydroxylation sites is 1. The van der Waals surface area contributed by atoms with Crippen molar-refractivity contribution in [2.75, 3.05) is 0 Å². The number of hydrogen-bond donors (Lipinski definition) is 0. The topological polar surface area (TPSA) is 36.7 Å². The van der Waals surface area contributed by atoms with Crippen LogP contribution in [0.2, 0.25) is 0 Å². The van der Waals surface area contributed by atoms with E-state index in [0.29, 0.717) is 5.57 Å². The monoisotopic (exact) mass is 350 g/mol. The first-order valence-electron chi connectivity index (χ1n) is 6.95. The van der Waals surface area contributed by atoms with Gasteiger partial charge in [0, 0.05) is 14.6 Å². The predicted molar refractivity (Wildman–Crippen MR) is 101 cm³/mol. The molecule has 0 atom stereocenters. The zero-order valence-electron chi connectivity index (χ0n) is 11.9. The third-order valence-electron chi connectivity index (χ3n) is 3.32. The number of hydrogen-bond acceptors (Lipinski definition) is 5. The van der Waals surface area contributed by atoms with Gasteiger partial charge in [0.05, 0.1) is 15.8 Å². The molecule has 23 heavy (non-hydrogen) atoms. The molecule has 1 aromatic carbocycles. The van der Waals surface area contributed by atoms with Gasteiger partial charge < -0.3 is 0 Å². The summed E-state index contributed by atoms with van der Waals surface area (Å²) in [6.45, 7) is 0. The van der Waals surface area contributed by atoms with Crippen molar-refractivity contribution in [1.29, 1.82) is 5.26 Å². The minimum absolute atomic E-state index is 0.616. The molecule has 0 bridgehead atoms. The highest BCUT2D eigenvalue weighted by Gasteiger charge is 2.10. The first kappa shape index (κ1) is 14.3. The summed E-state index contributed by atoms with van der Waals surface area (Å²) in [5, 5.41) is 12.4. The number of allylic oxidation sites excluding steroid dienone is 1. The Balaban J connectivity index is 1.72. The first-order chi connectivity index (χ1) is 11.3. The van der Waals surface area contributed by atoms with Crippen molar-refractivity contribution >= 4 is 55.9 Å². The Bertz CT molecular complexity index is 997. The molecule has 3 aromatic heterocycles. The minimum Gasteiger partial charge on any atom is -0.235 e. The van der Waals surface area contributed by atoms with Crippen molar-refractivity contribution < 1.29 is 0 Å². The average Bonchev–Trinajstić information content (AvgIpc) is 3.30. The lowest BCUT2D eigenvalue weighted by Gasteiger charge is -1.91. The van der Waals surface area contributed by atoms with Gasteiger partial charge in [0.1, 0.15) is 11.1 Å². The molecule has 0 aliphatic heterocycles. The molecule has 0 aliphatic rings. The maximum Gasteiger partial charge on any atom is 0.135 e. The fraction of sp³-hybridized carbons (Fsp3) is 0. The van der Waals surface area contributed by atoms with E-state index in [1.807, 2.05) is 30.3 Å². The number of benzene rings is 1. The van der Waals surface area contributed by atoms with Crippen LogP contribution in [0.3, 0.4) is 0 Å². The van der Waals surface area contributed by atoms with E-state index in [1.165, 1.54) is 9.75 Å². The lowest BCUT2D eigenvalue weighted by Crippen LogP contribution is -1.78. The number of thiazole rings is 1. The van der Waals surface area contributed by atoms with Crippen LogP contribution in [0, 0.1) is 11.3 Å². The molecule has 0 unspecified atom stereocenters. The van der Waals surface area contributed by atoms with Crippen molar-refractivity contribution in [2.45, 2.75) is 0 Å². The lowest BCUT2D eigenvalue weighted by atomic mass is 10.2. The average molecular weight is 350 g/mol. The van der Waals surface area contributed by atoms with Gasteiger partial charge in [0.2, 0.25) is 0 Å². The summed E-state index contributed by atoms with van der Waals surface area (Å²) < 4.78 is 1.11. The van der Waals surface area contributed by atoms with Gasteiger partial charge in [0.25, 0.3) is 0 Å². The number of aromatic nitrogens is 1. The van der Waals surface area contributed by atoms with Crippen LogP contribution in [0.4, 0.5) is 0 Å². The summed E-state index contributed by atoms with van der Waals surface area (Å²) in [6, 6.07) is 18.6. The van der Waals surface area contributed by atoms with E-state index in [1.54, 1.807) is 34.0 Å². The summed E-state index contributed by atoms with van der Waals surface area (Å²) in [5.41, 5.74) is 1.56. The third-order valence-corrected chi connectivity index (χ3v) is 6.49. The molecule has 5 heteroatoms. The quantitative estimate of drug-likeness (QED) is 0.415. The molecule has 0 radical (unpaired) electrons. The van der Waals surface area contributed by atoms with Crippen molar-refractivity contribution in [2.24, 2.45) is 0 Å². The third kappa shape index (κ3) is 2.84. The molecule has 0 spiro atoms. The van der Waals surface area contributed by atoms with E-state index in [-0.39, 0.29) is 0 Å². The van der Waals surface area contributed by atoms with E-state index in [0.717, 1.165) is 20.1 Å². The van der Waals surface area contributed by atoms with E-state index < -0.39 is 0 Å². The van der Waals surface area contributed by atoms with Gasteiger partial charge in [-0.25, -0.2) is 4.98 Å². The largest absolute Gasteiger partial charge is 0.235 e. The number of rotatable bonds is 3. The maximum atomic E-state index is 9.51. The molecule has 110 valence electrons. The van der Waals surface area contributed by atoms with E-state index >= 15 is 0 Å². The zero-order valence-corrected chi connectivity index (χ0v) is 14.3. The molecule has 2 nitrogen and oxygen atoms in total. The van der Waals surface area contributed by atoms with Gasteiger partial charge >= 0.3 is 0 Å². The highest BCUT2D eigenvalue weighted by Crippen LogP contribution is 2.34. The van der Waals surface area contributed by atoms with Gasteiger partial charge in [-0.2, -0.15) is 5.26 Å². The minimum atomic E-state index is 0.616. The van der Waals surface area contributed by atoms with Crippen LogP contribution in [-0.2, 0) is 0 Å². The summed E-state index contributed by atoms with van der Waals surface area (Å²) >= 11 is 4.98. The summed E-state index contributed by atoms with van der Waals surface area (Å²) in [4.78, 5) is 8.13. The summed E-state index contributed by atoms with van der Waals surface area (Å²) in [6.07, 6.45) is 1.93. The molecule has 0 saturated heterocycles. The van der Waals surface area contributed by atoms with Gasteiger partial charge in [0.15, 0.2) is 0 Å². The Morgan fingerprint density at radius 2 is 1.91 bits per heavy atom. The number of nitriles is 1. The second kappa shape index (κ2) is 6.09. The van der Waals surface area contributed by atoms with Gasteiger partial charge in [-0.1, -0.05) is 18.2 Å². The number of nitrogens with zero attached hydrogens (tertiary/aromatic N) is 2. The Kier molecular flexibility index (Phi) is 3.80. The normalized spacial score (nSPS) is 11.7. The molecule has 4 aromatic rings. The van der Waals surface area contributed by atoms with E-state index in [2.05, 4.69) is 40.7 Å². The zero-order chi connectivity index (χ0) is 15.6. The molecular formula is C18H10N2S3. The molecule has 0 fully saturated rings. The van der Waals surface area contributed by atoms with Crippen molar-refractivity contribution in [1.82, 2.24) is 4.98 Å². The van der Waals surface area contributed by atoms with Gasteiger partial charge in [-0.05, 0) is 41.8 Å². The van der Waals surface area contributed by atoms with Crippen LogP contribution in [0.15, 0.2) is 53.9 Å². The second-order valence-electron chi connectivity index (χ2n) is 4.84. The van der Waals surface area contributed by atoms with Gasteiger partial charge in [-0.3, -0.25) is 0 Å². The highest BCUT2D eigenvalue weighted by atomic mass is 32.1. The molecule has 0 amide bonds. The molecular weight excluding hydrogens is 340 g/mol. The smallest absolute Gasteiger partial charge is 0.135 e. The second-order valence-corrected chi connectivity index (χ2v) is 7.93. The molecule has 0 aliphatic carbocycles. The maximum absolute atomic E-state index is 9.51. The molecule has 0 saturated carbocycles.